The lowest BCUT2D eigenvalue weighted by Crippen LogP contribution is -1.82. The largest absolute Gasteiger partial charge is 0.399 e. The van der Waals surface area contributed by atoms with Crippen LogP contribution < -0.4 is 5.73 Å². The van der Waals surface area contributed by atoms with Gasteiger partial charge in [-0.15, -0.1) is 24.8 Å². The average molecular weight is 317 g/mol. The van der Waals surface area contributed by atoms with Crippen LogP contribution in [0.4, 0.5) is 5.69 Å². The number of benzene rings is 2. The van der Waals surface area contributed by atoms with Gasteiger partial charge in [0.1, 0.15) is 5.82 Å². The van der Waals surface area contributed by atoms with Crippen molar-refractivity contribution in [2.45, 2.75) is 0 Å². The van der Waals surface area contributed by atoms with E-state index < -0.39 is 0 Å². The quantitative estimate of drug-likeness (QED) is 0.657. The summed E-state index contributed by atoms with van der Waals surface area (Å²) >= 11 is 5.85. The zero-order valence-electron chi connectivity index (χ0n) is 9.76. The number of H-pyrrole nitrogens is 1. The third-order valence-corrected chi connectivity index (χ3v) is 2.88. The highest BCUT2D eigenvalue weighted by molar-refractivity contribution is 6.30. The summed E-state index contributed by atoms with van der Waals surface area (Å²) in [5.74, 6) is 0.822. The van der Waals surface area contributed by atoms with Crippen molar-refractivity contribution >= 4 is 53.1 Å². The number of rotatable bonds is 1. The van der Waals surface area contributed by atoms with Gasteiger partial charge in [0.25, 0.3) is 0 Å². The molecule has 3 N–H and O–H groups in total. The first-order valence-corrected chi connectivity index (χ1v) is 5.61. The molecule has 0 radical (unpaired) electrons. The van der Waals surface area contributed by atoms with E-state index in [0.29, 0.717) is 5.02 Å². The molecule has 1 heterocycles. The molecule has 19 heavy (non-hydrogen) atoms. The molecule has 0 spiro atoms. The van der Waals surface area contributed by atoms with Gasteiger partial charge in [-0.3, -0.25) is 0 Å². The monoisotopic (exact) mass is 315 g/mol. The molecule has 0 saturated carbocycles. The summed E-state index contributed by atoms with van der Waals surface area (Å²) in [6.45, 7) is 0. The van der Waals surface area contributed by atoms with Gasteiger partial charge in [0, 0.05) is 16.3 Å². The molecule has 0 aliphatic heterocycles. The van der Waals surface area contributed by atoms with Crippen LogP contribution in [-0.2, 0) is 0 Å². The van der Waals surface area contributed by atoms with Gasteiger partial charge in [0.05, 0.1) is 11.0 Å². The summed E-state index contributed by atoms with van der Waals surface area (Å²) in [4.78, 5) is 7.74. The average Bonchev–Trinajstić information content (AvgIpc) is 2.72. The van der Waals surface area contributed by atoms with Crippen molar-refractivity contribution in [2.24, 2.45) is 0 Å². The van der Waals surface area contributed by atoms with Crippen LogP contribution in [-0.4, -0.2) is 9.97 Å². The SMILES string of the molecule is Cl.Cl.Nc1ccc2nc(-c3ccc(Cl)cc3)[nH]c2c1. The lowest BCUT2D eigenvalue weighted by atomic mass is 10.2. The fourth-order valence-electron chi connectivity index (χ4n) is 1.77. The lowest BCUT2D eigenvalue weighted by molar-refractivity contribution is 1.34. The van der Waals surface area contributed by atoms with Gasteiger partial charge in [0.2, 0.25) is 0 Å². The van der Waals surface area contributed by atoms with Crippen LogP contribution in [0.1, 0.15) is 0 Å². The van der Waals surface area contributed by atoms with Crippen LogP contribution in [0.25, 0.3) is 22.4 Å². The van der Waals surface area contributed by atoms with E-state index in [-0.39, 0.29) is 24.8 Å². The van der Waals surface area contributed by atoms with Crippen LogP contribution in [0.2, 0.25) is 5.02 Å². The number of nitrogens with one attached hydrogen (secondary N) is 1. The molecule has 100 valence electrons. The molecule has 0 aliphatic rings. The molecule has 0 unspecified atom stereocenters. The molecule has 3 nitrogen and oxygen atoms in total. The van der Waals surface area contributed by atoms with E-state index in [1.807, 2.05) is 42.5 Å². The summed E-state index contributed by atoms with van der Waals surface area (Å²) < 4.78 is 0. The first-order chi connectivity index (χ1) is 8.22. The van der Waals surface area contributed by atoms with Gasteiger partial charge in [0.15, 0.2) is 0 Å². The van der Waals surface area contributed by atoms with Gasteiger partial charge in [-0.05, 0) is 42.5 Å². The molecule has 6 heteroatoms. The maximum absolute atomic E-state index is 5.85. The maximum atomic E-state index is 5.85. The number of aromatic nitrogens is 2. The van der Waals surface area contributed by atoms with E-state index in [9.17, 15) is 0 Å². The highest BCUT2D eigenvalue weighted by atomic mass is 35.5. The van der Waals surface area contributed by atoms with Gasteiger partial charge < -0.3 is 10.7 Å². The second-order valence-corrected chi connectivity index (χ2v) is 4.31. The Balaban J connectivity index is 0.000000902. The summed E-state index contributed by atoms with van der Waals surface area (Å²) in [5, 5.41) is 0.717. The third-order valence-electron chi connectivity index (χ3n) is 2.62. The minimum atomic E-state index is 0. The number of aromatic amines is 1. The molecule has 3 rings (SSSR count). The number of anilines is 1. The molecule has 0 fully saturated rings. The van der Waals surface area contributed by atoms with Crippen molar-refractivity contribution in [1.82, 2.24) is 9.97 Å². The predicted octanol–water partition coefficient (Wildman–Crippen LogP) is 4.31. The Labute approximate surface area is 128 Å². The number of nitrogens with zero attached hydrogens (tertiary/aromatic N) is 1. The molecule has 0 bridgehead atoms. The smallest absolute Gasteiger partial charge is 0.138 e. The number of hydrogen-bond donors (Lipinski definition) is 2. The lowest BCUT2D eigenvalue weighted by Gasteiger charge is -1.95. The van der Waals surface area contributed by atoms with E-state index in [1.54, 1.807) is 0 Å². The molecule has 3 aromatic rings. The van der Waals surface area contributed by atoms with E-state index in [4.69, 9.17) is 17.3 Å². The normalized spacial score (nSPS) is 9.74. The zero-order valence-corrected chi connectivity index (χ0v) is 12.1. The topological polar surface area (TPSA) is 54.7 Å². The minimum Gasteiger partial charge on any atom is -0.399 e. The Morgan fingerprint density at radius 3 is 2.37 bits per heavy atom. The number of nitrogen functional groups attached to an aromatic ring is 1. The Morgan fingerprint density at radius 1 is 1.00 bits per heavy atom. The summed E-state index contributed by atoms with van der Waals surface area (Å²) in [7, 11) is 0. The number of hydrogen-bond acceptors (Lipinski definition) is 2. The molecule has 0 saturated heterocycles. The van der Waals surface area contributed by atoms with Crippen molar-refractivity contribution in [2.75, 3.05) is 5.73 Å². The zero-order chi connectivity index (χ0) is 11.8. The number of nitrogens with two attached hydrogens (primary N) is 1. The number of imidazole rings is 1. The Kier molecular flexibility index (Phi) is 5.06. The van der Waals surface area contributed by atoms with Crippen LogP contribution in [0.3, 0.4) is 0 Å². The Hall–Kier alpha value is -1.42. The van der Waals surface area contributed by atoms with Gasteiger partial charge in [-0.25, -0.2) is 4.98 Å². The fraction of sp³-hybridized carbons (Fsp3) is 0. The van der Waals surface area contributed by atoms with Crippen LogP contribution in [0.15, 0.2) is 42.5 Å². The second kappa shape index (κ2) is 6.15. The van der Waals surface area contributed by atoms with Crippen LogP contribution >= 0.6 is 36.4 Å². The standard InChI is InChI=1S/C13H10ClN3.2ClH/c14-9-3-1-8(2-4-9)13-16-11-6-5-10(15)7-12(11)17-13;;/h1-7H,15H2,(H,16,17);2*1H. The molecular weight excluding hydrogens is 305 g/mol. The van der Waals surface area contributed by atoms with Crippen molar-refractivity contribution in [3.05, 3.63) is 47.5 Å². The highest BCUT2D eigenvalue weighted by Crippen LogP contribution is 2.23. The van der Waals surface area contributed by atoms with Crippen molar-refractivity contribution in [3.8, 4) is 11.4 Å². The van der Waals surface area contributed by atoms with Gasteiger partial charge in [-0.1, -0.05) is 11.6 Å². The molecule has 0 amide bonds. The Morgan fingerprint density at radius 2 is 1.68 bits per heavy atom. The summed E-state index contributed by atoms with van der Waals surface area (Å²) in [6.07, 6.45) is 0. The molecule has 1 aromatic heterocycles. The van der Waals surface area contributed by atoms with Crippen molar-refractivity contribution in [1.29, 1.82) is 0 Å². The molecule has 2 aromatic carbocycles. The van der Waals surface area contributed by atoms with Crippen LogP contribution in [0, 0.1) is 0 Å². The van der Waals surface area contributed by atoms with E-state index in [2.05, 4.69) is 9.97 Å². The first kappa shape index (κ1) is 15.6. The third kappa shape index (κ3) is 3.13. The maximum Gasteiger partial charge on any atom is 0.138 e. The number of fused-ring (bicyclic) bond motifs is 1. The summed E-state index contributed by atoms with van der Waals surface area (Å²) in [5.41, 5.74) is 9.30. The van der Waals surface area contributed by atoms with Crippen molar-refractivity contribution in [3.63, 3.8) is 0 Å². The van der Waals surface area contributed by atoms with E-state index in [0.717, 1.165) is 28.1 Å². The van der Waals surface area contributed by atoms with E-state index in [1.165, 1.54) is 0 Å². The first-order valence-electron chi connectivity index (χ1n) is 5.23. The van der Waals surface area contributed by atoms with Gasteiger partial charge in [-0.2, -0.15) is 0 Å². The van der Waals surface area contributed by atoms with Crippen molar-refractivity contribution < 1.29 is 0 Å². The number of halogens is 3. The molecule has 0 aliphatic carbocycles. The molecule has 0 atom stereocenters. The highest BCUT2D eigenvalue weighted by Gasteiger charge is 2.05. The second-order valence-electron chi connectivity index (χ2n) is 3.87. The minimum absolute atomic E-state index is 0. The van der Waals surface area contributed by atoms with Crippen LogP contribution in [0.5, 0.6) is 0 Å². The fourth-order valence-corrected chi connectivity index (χ4v) is 1.90. The molecular formula is C13H12Cl3N3. The summed E-state index contributed by atoms with van der Waals surface area (Å²) in [6, 6.07) is 13.2. The van der Waals surface area contributed by atoms with Gasteiger partial charge >= 0.3 is 0 Å². The van der Waals surface area contributed by atoms with E-state index >= 15 is 0 Å². The Bertz CT molecular complexity index is 677. The predicted molar refractivity (Wildman–Crippen MR) is 85.4 cm³/mol.